The number of para-hydroxylation sites is 1. The lowest BCUT2D eigenvalue weighted by Crippen LogP contribution is -2.51. The summed E-state index contributed by atoms with van der Waals surface area (Å²) in [4.78, 5) is 14.7. The molecule has 5 nitrogen and oxygen atoms in total. The SMILES string of the molecule is CCN(CC)CCOc1ccccc1CNC(=O)C1(N)CCCC1.Cl.Cl. The number of nitrogens with one attached hydrogen (secondary N) is 1. The molecule has 0 unspecified atom stereocenters. The summed E-state index contributed by atoms with van der Waals surface area (Å²) in [6.07, 6.45) is 3.63. The van der Waals surface area contributed by atoms with E-state index in [0.29, 0.717) is 13.2 Å². The third-order valence-corrected chi connectivity index (χ3v) is 4.92. The van der Waals surface area contributed by atoms with Crippen molar-refractivity contribution in [1.29, 1.82) is 0 Å². The van der Waals surface area contributed by atoms with E-state index in [1.165, 1.54) is 0 Å². The fourth-order valence-electron chi connectivity index (χ4n) is 3.20. The number of hydrogen-bond donors (Lipinski definition) is 2. The number of carbonyl (C=O) groups is 1. The summed E-state index contributed by atoms with van der Waals surface area (Å²) >= 11 is 0. The van der Waals surface area contributed by atoms with Crippen LogP contribution in [0.3, 0.4) is 0 Å². The van der Waals surface area contributed by atoms with Gasteiger partial charge in [0, 0.05) is 18.7 Å². The Kier molecular flexibility index (Phi) is 11.9. The largest absolute Gasteiger partial charge is 0.492 e. The summed E-state index contributed by atoms with van der Waals surface area (Å²) in [5, 5.41) is 2.99. The van der Waals surface area contributed by atoms with E-state index in [9.17, 15) is 4.79 Å². The predicted octanol–water partition coefficient (Wildman–Crippen LogP) is 3.14. The van der Waals surface area contributed by atoms with E-state index in [-0.39, 0.29) is 30.7 Å². The van der Waals surface area contributed by atoms with E-state index < -0.39 is 5.54 Å². The van der Waals surface area contributed by atoms with Crippen LogP contribution >= 0.6 is 24.8 Å². The predicted molar refractivity (Wildman–Crippen MR) is 111 cm³/mol. The number of benzene rings is 1. The first-order valence-electron chi connectivity index (χ1n) is 9.09. The average molecular weight is 406 g/mol. The van der Waals surface area contributed by atoms with Crippen molar-refractivity contribution in [3.05, 3.63) is 29.8 Å². The molecule has 3 N–H and O–H groups in total. The highest BCUT2D eigenvalue weighted by atomic mass is 35.5. The zero-order valence-electron chi connectivity index (χ0n) is 15.8. The van der Waals surface area contributed by atoms with Crippen molar-refractivity contribution in [1.82, 2.24) is 10.2 Å². The maximum Gasteiger partial charge on any atom is 0.240 e. The molecule has 1 amide bonds. The Morgan fingerprint density at radius 3 is 2.42 bits per heavy atom. The average Bonchev–Trinajstić information content (AvgIpc) is 3.05. The van der Waals surface area contributed by atoms with Gasteiger partial charge in [-0.25, -0.2) is 0 Å². The first-order valence-corrected chi connectivity index (χ1v) is 9.09. The van der Waals surface area contributed by atoms with Gasteiger partial charge < -0.3 is 20.7 Å². The monoisotopic (exact) mass is 405 g/mol. The lowest BCUT2D eigenvalue weighted by Gasteiger charge is -2.23. The van der Waals surface area contributed by atoms with Crippen LogP contribution in [0.25, 0.3) is 0 Å². The molecule has 0 bridgehead atoms. The molecule has 26 heavy (non-hydrogen) atoms. The minimum atomic E-state index is -0.682. The van der Waals surface area contributed by atoms with Gasteiger partial charge in [0.1, 0.15) is 12.4 Å². The smallest absolute Gasteiger partial charge is 0.240 e. The molecule has 0 saturated heterocycles. The number of nitrogens with two attached hydrogens (primary N) is 1. The first kappa shape index (κ1) is 25.0. The Morgan fingerprint density at radius 1 is 1.19 bits per heavy atom. The fourth-order valence-corrected chi connectivity index (χ4v) is 3.20. The molecular formula is C19H33Cl2N3O2. The minimum absolute atomic E-state index is 0. The molecule has 0 spiro atoms. The van der Waals surface area contributed by atoms with Gasteiger partial charge in [0.05, 0.1) is 5.54 Å². The van der Waals surface area contributed by atoms with Crippen molar-refractivity contribution in [3.8, 4) is 5.75 Å². The normalized spacial score (nSPS) is 15.1. The van der Waals surface area contributed by atoms with Crippen molar-refractivity contribution in [2.24, 2.45) is 5.73 Å². The molecule has 2 rings (SSSR count). The third kappa shape index (κ3) is 6.95. The number of likely N-dealkylation sites (N-methyl/N-ethyl adjacent to an activating group) is 1. The molecular weight excluding hydrogens is 373 g/mol. The van der Waals surface area contributed by atoms with Crippen LogP contribution in [-0.4, -0.2) is 42.6 Å². The molecule has 0 heterocycles. The lowest BCUT2D eigenvalue weighted by molar-refractivity contribution is -0.126. The van der Waals surface area contributed by atoms with Crippen molar-refractivity contribution in [3.63, 3.8) is 0 Å². The molecule has 0 radical (unpaired) electrons. The van der Waals surface area contributed by atoms with Crippen molar-refractivity contribution in [2.75, 3.05) is 26.2 Å². The van der Waals surface area contributed by atoms with Crippen molar-refractivity contribution < 1.29 is 9.53 Å². The zero-order chi connectivity index (χ0) is 17.4. The van der Waals surface area contributed by atoms with Crippen molar-refractivity contribution >= 4 is 30.7 Å². The van der Waals surface area contributed by atoms with Gasteiger partial charge in [-0.05, 0) is 32.0 Å². The minimum Gasteiger partial charge on any atom is -0.492 e. The van der Waals surface area contributed by atoms with Crippen LogP contribution < -0.4 is 15.8 Å². The molecule has 1 fully saturated rings. The van der Waals surface area contributed by atoms with Gasteiger partial charge >= 0.3 is 0 Å². The van der Waals surface area contributed by atoms with Crippen LogP contribution in [0.4, 0.5) is 0 Å². The summed E-state index contributed by atoms with van der Waals surface area (Å²) in [5.74, 6) is 0.792. The van der Waals surface area contributed by atoms with Crippen LogP contribution in [-0.2, 0) is 11.3 Å². The van der Waals surface area contributed by atoms with Gasteiger partial charge in [-0.2, -0.15) is 0 Å². The van der Waals surface area contributed by atoms with Crippen molar-refractivity contribution in [2.45, 2.75) is 51.6 Å². The molecule has 1 aromatic carbocycles. The van der Waals surface area contributed by atoms with E-state index in [4.69, 9.17) is 10.5 Å². The highest BCUT2D eigenvalue weighted by Gasteiger charge is 2.36. The maximum atomic E-state index is 12.3. The van der Waals surface area contributed by atoms with Gasteiger partial charge in [-0.15, -0.1) is 24.8 Å². The van der Waals surface area contributed by atoms with Gasteiger partial charge in [0.15, 0.2) is 0 Å². The quantitative estimate of drug-likeness (QED) is 0.661. The van der Waals surface area contributed by atoms with E-state index >= 15 is 0 Å². The Balaban J connectivity index is 0.00000312. The van der Waals surface area contributed by atoms with Crippen LogP contribution in [0.2, 0.25) is 0 Å². The highest BCUT2D eigenvalue weighted by molar-refractivity contribution is 5.86. The van der Waals surface area contributed by atoms with Crippen LogP contribution in [0.5, 0.6) is 5.75 Å². The summed E-state index contributed by atoms with van der Waals surface area (Å²) in [6, 6.07) is 7.87. The van der Waals surface area contributed by atoms with Gasteiger partial charge in [-0.1, -0.05) is 44.9 Å². The number of amides is 1. The summed E-state index contributed by atoms with van der Waals surface area (Å²) in [5.41, 5.74) is 6.51. The molecule has 1 aliphatic carbocycles. The molecule has 0 atom stereocenters. The molecule has 1 saturated carbocycles. The Hall–Kier alpha value is -1.01. The number of carbonyl (C=O) groups excluding carboxylic acids is 1. The number of rotatable bonds is 9. The molecule has 150 valence electrons. The summed E-state index contributed by atoms with van der Waals surface area (Å²) < 4.78 is 5.93. The molecule has 0 aliphatic heterocycles. The number of ether oxygens (including phenoxy) is 1. The first-order chi connectivity index (χ1) is 11.6. The molecule has 1 aromatic rings. The molecule has 7 heteroatoms. The van der Waals surface area contributed by atoms with Crippen LogP contribution in [0.15, 0.2) is 24.3 Å². The third-order valence-electron chi connectivity index (χ3n) is 4.92. The lowest BCUT2D eigenvalue weighted by atomic mass is 9.98. The number of nitrogens with zero attached hydrogens (tertiary/aromatic N) is 1. The summed E-state index contributed by atoms with van der Waals surface area (Å²) in [6.45, 7) is 8.36. The fraction of sp³-hybridized carbons (Fsp3) is 0.632. The standard InChI is InChI=1S/C19H31N3O2.2ClH/c1-3-22(4-2)13-14-24-17-10-6-5-9-16(17)15-21-18(23)19(20)11-7-8-12-19;;/h5-6,9-10H,3-4,7-8,11-15,20H2,1-2H3,(H,21,23);2*1H. The summed E-state index contributed by atoms with van der Waals surface area (Å²) in [7, 11) is 0. The van der Waals surface area contributed by atoms with E-state index in [1.807, 2.05) is 24.3 Å². The number of hydrogen-bond acceptors (Lipinski definition) is 4. The maximum absolute atomic E-state index is 12.3. The van der Waals surface area contributed by atoms with Gasteiger partial charge in [0.2, 0.25) is 5.91 Å². The Bertz CT molecular complexity index is 533. The van der Waals surface area contributed by atoms with E-state index in [1.54, 1.807) is 0 Å². The number of halogens is 2. The second-order valence-electron chi connectivity index (χ2n) is 6.53. The topological polar surface area (TPSA) is 67.6 Å². The second-order valence-corrected chi connectivity index (χ2v) is 6.53. The zero-order valence-corrected chi connectivity index (χ0v) is 17.5. The Labute approximate surface area is 169 Å². The Morgan fingerprint density at radius 2 is 1.81 bits per heavy atom. The van der Waals surface area contributed by atoms with Crippen LogP contribution in [0.1, 0.15) is 45.1 Å². The van der Waals surface area contributed by atoms with Gasteiger partial charge in [0.25, 0.3) is 0 Å². The second kappa shape index (κ2) is 12.4. The molecule has 0 aromatic heterocycles. The highest BCUT2D eigenvalue weighted by Crippen LogP contribution is 2.27. The van der Waals surface area contributed by atoms with Crippen LogP contribution in [0, 0.1) is 0 Å². The molecule has 1 aliphatic rings. The van der Waals surface area contributed by atoms with E-state index in [0.717, 1.165) is 56.6 Å². The van der Waals surface area contributed by atoms with Gasteiger partial charge in [-0.3, -0.25) is 4.79 Å². The van der Waals surface area contributed by atoms with E-state index in [2.05, 4.69) is 24.1 Å².